The number of carbonyl (C=O) groups is 1. The standard InChI is InChI=1S/C25H24N4O5S2/c1-15(2)34-22-10-9-16(11-18(22)12-26)24-28-29-25(35-24)21-8-4-6-19-17(5-3-7-20(19)21)13-27-36(32,33)14-23(30)31/h4,6,8-11,13,15,17H,3,5,7,14H2,1-2H3,(H,30,31). The van der Waals surface area contributed by atoms with Gasteiger partial charge in [0.1, 0.15) is 21.8 Å². The Balaban J connectivity index is 1.64. The second-order valence-corrected chi connectivity index (χ2v) is 11.3. The number of hydrogen-bond donors (Lipinski definition) is 1. The number of carboxylic acid groups (broad SMARTS) is 1. The van der Waals surface area contributed by atoms with E-state index in [1.54, 1.807) is 12.1 Å². The van der Waals surface area contributed by atoms with Gasteiger partial charge in [0.15, 0.2) is 5.75 Å². The zero-order valence-corrected chi connectivity index (χ0v) is 21.3. The van der Waals surface area contributed by atoms with E-state index in [2.05, 4.69) is 20.7 Å². The van der Waals surface area contributed by atoms with Gasteiger partial charge in [0.05, 0.1) is 11.7 Å². The van der Waals surface area contributed by atoms with Gasteiger partial charge in [0.2, 0.25) is 0 Å². The second kappa shape index (κ2) is 10.6. The number of fused-ring (bicyclic) bond motifs is 1. The first kappa shape index (κ1) is 25.5. The molecule has 36 heavy (non-hydrogen) atoms. The Morgan fingerprint density at radius 3 is 2.81 bits per heavy atom. The molecule has 11 heteroatoms. The van der Waals surface area contributed by atoms with Crippen LogP contribution in [0, 0.1) is 11.3 Å². The fourth-order valence-corrected chi connectivity index (χ4v) is 5.77. The monoisotopic (exact) mass is 524 g/mol. The summed E-state index contributed by atoms with van der Waals surface area (Å²) in [7, 11) is -4.07. The van der Waals surface area contributed by atoms with Gasteiger partial charge in [0.25, 0.3) is 10.0 Å². The first-order valence-electron chi connectivity index (χ1n) is 11.3. The zero-order valence-electron chi connectivity index (χ0n) is 19.7. The van der Waals surface area contributed by atoms with Crippen LogP contribution in [0.25, 0.3) is 21.1 Å². The van der Waals surface area contributed by atoms with Crippen molar-refractivity contribution >= 4 is 33.5 Å². The number of benzene rings is 2. The van der Waals surface area contributed by atoms with E-state index in [-0.39, 0.29) is 12.0 Å². The maximum absolute atomic E-state index is 11.9. The minimum Gasteiger partial charge on any atom is -0.490 e. The molecule has 9 nitrogen and oxygen atoms in total. The highest BCUT2D eigenvalue weighted by Gasteiger charge is 2.24. The van der Waals surface area contributed by atoms with Crippen molar-refractivity contribution in [3.8, 4) is 33.0 Å². The lowest BCUT2D eigenvalue weighted by molar-refractivity contribution is -0.134. The highest BCUT2D eigenvalue weighted by Crippen LogP contribution is 2.39. The second-order valence-electron chi connectivity index (χ2n) is 8.65. The number of nitriles is 1. The molecule has 186 valence electrons. The van der Waals surface area contributed by atoms with Gasteiger partial charge in [-0.15, -0.1) is 10.2 Å². The first-order valence-corrected chi connectivity index (χ1v) is 13.8. The van der Waals surface area contributed by atoms with E-state index in [1.165, 1.54) is 17.6 Å². The highest BCUT2D eigenvalue weighted by molar-refractivity contribution is 7.90. The summed E-state index contributed by atoms with van der Waals surface area (Å²) in [5.41, 5.74) is 4.12. The molecule has 3 aromatic rings. The van der Waals surface area contributed by atoms with Gasteiger partial charge in [0, 0.05) is 23.3 Å². The van der Waals surface area contributed by atoms with Gasteiger partial charge in [-0.1, -0.05) is 29.5 Å². The van der Waals surface area contributed by atoms with Crippen molar-refractivity contribution in [2.75, 3.05) is 5.75 Å². The van der Waals surface area contributed by atoms with Crippen LogP contribution in [-0.2, 0) is 21.2 Å². The minimum atomic E-state index is -4.07. The molecule has 1 aliphatic rings. The first-order chi connectivity index (χ1) is 17.2. The SMILES string of the molecule is CC(C)Oc1ccc(-c2nnc(-c3cccc4c3CCCC4C=NS(=O)(=O)CC(=O)O)s2)cc1C#N. The topological polar surface area (TPSA) is 143 Å². The third-order valence-electron chi connectivity index (χ3n) is 5.63. The predicted molar refractivity (Wildman–Crippen MR) is 137 cm³/mol. The van der Waals surface area contributed by atoms with Crippen molar-refractivity contribution in [2.24, 2.45) is 4.40 Å². The number of nitrogens with zero attached hydrogens (tertiary/aromatic N) is 4. The molecule has 0 fully saturated rings. The lowest BCUT2D eigenvalue weighted by Crippen LogP contribution is -2.16. The Bertz CT molecular complexity index is 1470. The zero-order chi connectivity index (χ0) is 25.9. The summed E-state index contributed by atoms with van der Waals surface area (Å²) in [6, 6.07) is 13.3. The maximum atomic E-state index is 11.9. The average molecular weight is 525 g/mol. The molecule has 1 heterocycles. The Morgan fingerprint density at radius 2 is 2.08 bits per heavy atom. The Hall–Kier alpha value is -3.62. The molecule has 0 amide bonds. The molecular formula is C25H24N4O5S2. The van der Waals surface area contributed by atoms with E-state index in [0.717, 1.165) is 40.1 Å². The number of aliphatic carboxylic acids is 1. The van der Waals surface area contributed by atoms with Gasteiger partial charge >= 0.3 is 5.97 Å². The summed E-state index contributed by atoms with van der Waals surface area (Å²) in [6.07, 6.45) is 3.63. The molecule has 1 unspecified atom stereocenters. The molecular weight excluding hydrogens is 500 g/mol. The summed E-state index contributed by atoms with van der Waals surface area (Å²) < 4.78 is 33.1. The van der Waals surface area contributed by atoms with E-state index in [9.17, 15) is 18.5 Å². The summed E-state index contributed by atoms with van der Waals surface area (Å²) in [5.74, 6) is -2.18. The number of hydrogen-bond acceptors (Lipinski definition) is 8. The molecule has 0 radical (unpaired) electrons. The van der Waals surface area contributed by atoms with Crippen molar-refractivity contribution in [2.45, 2.75) is 45.1 Å². The molecule has 1 atom stereocenters. The third kappa shape index (κ3) is 5.78. The average Bonchev–Trinajstić information content (AvgIpc) is 3.31. The summed E-state index contributed by atoms with van der Waals surface area (Å²) in [6.45, 7) is 3.80. The van der Waals surface area contributed by atoms with Crippen LogP contribution in [0.5, 0.6) is 5.75 Å². The smallest absolute Gasteiger partial charge is 0.320 e. The van der Waals surface area contributed by atoms with Gasteiger partial charge in [-0.25, -0.2) is 8.42 Å². The summed E-state index contributed by atoms with van der Waals surface area (Å²) in [5, 5.41) is 28.5. The number of rotatable bonds is 8. The van der Waals surface area contributed by atoms with Crippen LogP contribution >= 0.6 is 11.3 Å². The van der Waals surface area contributed by atoms with E-state index in [4.69, 9.17) is 9.84 Å². The molecule has 0 saturated carbocycles. The lowest BCUT2D eigenvalue weighted by atomic mass is 9.81. The van der Waals surface area contributed by atoms with E-state index in [1.807, 2.05) is 38.1 Å². The van der Waals surface area contributed by atoms with Gasteiger partial charge in [-0.05, 0) is 62.4 Å². The van der Waals surface area contributed by atoms with Gasteiger partial charge in [-0.3, -0.25) is 4.79 Å². The van der Waals surface area contributed by atoms with E-state index in [0.29, 0.717) is 22.7 Å². The van der Waals surface area contributed by atoms with E-state index >= 15 is 0 Å². The normalized spacial score (nSPS) is 15.6. The fraction of sp³-hybridized carbons (Fsp3) is 0.320. The van der Waals surface area contributed by atoms with Crippen molar-refractivity contribution in [3.05, 3.63) is 53.1 Å². The molecule has 0 aliphatic heterocycles. The van der Waals surface area contributed by atoms with Gasteiger partial charge in [-0.2, -0.15) is 9.66 Å². The van der Waals surface area contributed by atoms with Gasteiger partial charge < -0.3 is 9.84 Å². The summed E-state index contributed by atoms with van der Waals surface area (Å²) in [4.78, 5) is 10.8. The predicted octanol–water partition coefficient (Wildman–Crippen LogP) is 4.44. The van der Waals surface area contributed by atoms with Crippen LogP contribution < -0.4 is 4.74 Å². The van der Waals surface area contributed by atoms with Crippen molar-refractivity contribution in [1.29, 1.82) is 5.26 Å². The molecule has 0 bridgehead atoms. The molecule has 0 saturated heterocycles. The molecule has 1 aromatic heterocycles. The number of carboxylic acids is 1. The van der Waals surface area contributed by atoms with Crippen LogP contribution in [0.4, 0.5) is 0 Å². The van der Waals surface area contributed by atoms with Crippen LogP contribution in [0.2, 0.25) is 0 Å². The minimum absolute atomic E-state index is 0.0495. The highest BCUT2D eigenvalue weighted by atomic mass is 32.2. The van der Waals surface area contributed by atoms with Crippen LogP contribution in [-0.4, -0.2) is 47.8 Å². The summed E-state index contributed by atoms with van der Waals surface area (Å²) >= 11 is 1.41. The molecule has 2 aromatic carbocycles. The fourth-order valence-electron chi connectivity index (χ4n) is 4.16. The maximum Gasteiger partial charge on any atom is 0.320 e. The molecule has 4 rings (SSSR count). The molecule has 1 N–H and O–H groups in total. The van der Waals surface area contributed by atoms with Crippen LogP contribution in [0.3, 0.4) is 0 Å². The van der Waals surface area contributed by atoms with E-state index < -0.39 is 21.7 Å². The van der Waals surface area contributed by atoms with Crippen LogP contribution in [0.15, 0.2) is 40.8 Å². The third-order valence-corrected chi connectivity index (χ3v) is 7.69. The largest absolute Gasteiger partial charge is 0.490 e. The Kier molecular flexibility index (Phi) is 7.47. The lowest BCUT2D eigenvalue weighted by Gasteiger charge is -2.24. The number of aromatic nitrogens is 2. The van der Waals surface area contributed by atoms with Crippen molar-refractivity contribution < 1.29 is 23.1 Å². The van der Waals surface area contributed by atoms with Crippen molar-refractivity contribution in [3.63, 3.8) is 0 Å². The number of sulfonamides is 1. The number of ether oxygens (including phenoxy) is 1. The Labute approximate surface area is 213 Å². The molecule has 1 aliphatic carbocycles. The molecule has 0 spiro atoms. The Morgan fingerprint density at radius 1 is 1.31 bits per heavy atom. The quantitative estimate of drug-likeness (QED) is 0.426. The van der Waals surface area contributed by atoms with Crippen molar-refractivity contribution in [1.82, 2.24) is 10.2 Å². The van der Waals surface area contributed by atoms with Crippen LogP contribution in [0.1, 0.15) is 49.3 Å².